The third-order valence-electron chi connectivity index (χ3n) is 4.23. The first kappa shape index (κ1) is 19.5. The van der Waals surface area contributed by atoms with E-state index in [-0.39, 0.29) is 0 Å². The Morgan fingerprint density at radius 1 is 1.23 bits per heavy atom. The van der Waals surface area contributed by atoms with Gasteiger partial charge in [0.2, 0.25) is 6.41 Å². The van der Waals surface area contributed by atoms with Crippen LogP contribution in [0.25, 0.3) is 11.6 Å². The lowest BCUT2D eigenvalue weighted by Gasteiger charge is -2.21. The Labute approximate surface area is 155 Å². The van der Waals surface area contributed by atoms with Gasteiger partial charge < -0.3 is 15.5 Å². The van der Waals surface area contributed by atoms with Crippen molar-refractivity contribution >= 4 is 18.1 Å². The molecule has 0 aliphatic carbocycles. The predicted octanol–water partition coefficient (Wildman–Crippen LogP) is 3.02. The predicted molar refractivity (Wildman–Crippen MR) is 107 cm³/mol. The smallest absolute Gasteiger partial charge is 0.209 e. The fourth-order valence-corrected chi connectivity index (χ4v) is 2.66. The van der Waals surface area contributed by atoms with E-state index >= 15 is 0 Å². The molecular weight excluding hydrogens is 326 g/mol. The molecule has 1 aromatic heterocycles. The maximum atomic E-state index is 10.0. The summed E-state index contributed by atoms with van der Waals surface area (Å²) in [5.41, 5.74) is 5.63. The van der Waals surface area contributed by atoms with E-state index in [1.54, 1.807) is 9.58 Å². The zero-order valence-electron chi connectivity index (χ0n) is 15.5. The third kappa shape index (κ3) is 5.36. The van der Waals surface area contributed by atoms with Gasteiger partial charge in [0.15, 0.2) is 0 Å². The first-order valence-corrected chi connectivity index (χ1v) is 8.66. The van der Waals surface area contributed by atoms with Crippen LogP contribution in [0.4, 0.5) is 0 Å². The Bertz CT molecular complexity index is 752. The number of nitrogen functional groups attached to an aromatic ring is 1. The average Bonchev–Trinajstić information content (AvgIpc) is 2.98. The molecule has 1 fully saturated rings. The van der Waals surface area contributed by atoms with E-state index in [1.807, 2.05) is 25.3 Å². The molecule has 26 heavy (non-hydrogen) atoms. The highest BCUT2D eigenvalue weighted by atomic mass is 16.5. The van der Waals surface area contributed by atoms with Crippen molar-refractivity contribution in [3.8, 4) is 0 Å². The largest absolute Gasteiger partial charge is 0.378 e. The maximum Gasteiger partial charge on any atom is 0.209 e. The molecule has 1 saturated heterocycles. The van der Waals surface area contributed by atoms with Gasteiger partial charge in [0, 0.05) is 19.3 Å². The number of rotatable bonds is 4. The summed E-state index contributed by atoms with van der Waals surface area (Å²) < 4.78 is 6.63. The lowest BCUT2D eigenvalue weighted by atomic mass is 10.0. The highest BCUT2D eigenvalue weighted by Gasteiger charge is 2.05. The van der Waals surface area contributed by atoms with Gasteiger partial charge in [0.1, 0.15) is 0 Å². The summed E-state index contributed by atoms with van der Waals surface area (Å²) in [6.07, 6.45) is 6.65. The second-order valence-electron chi connectivity index (χ2n) is 6.22. The molecule has 0 saturated carbocycles. The zero-order chi connectivity index (χ0) is 18.9. The molecule has 2 N–H and O–H groups in total. The molecule has 3 rings (SSSR count). The molecule has 0 radical (unpaired) electrons. The number of nitrogens with zero attached hydrogens (tertiary/aromatic N) is 2. The second-order valence-corrected chi connectivity index (χ2v) is 6.22. The number of morpholine rings is 1. The quantitative estimate of drug-likeness (QED) is 0.522. The van der Waals surface area contributed by atoms with Gasteiger partial charge >= 0.3 is 0 Å². The Morgan fingerprint density at radius 2 is 1.96 bits per heavy atom. The molecule has 138 valence electrons. The maximum absolute atomic E-state index is 10.0. The molecular formula is C21H27N3O2. The number of ether oxygens (including phenoxy) is 1. The molecule has 5 heteroatoms. The Balaban J connectivity index is 0.000000254. The molecule has 1 amide bonds. The lowest BCUT2D eigenvalue weighted by Crippen LogP contribution is -2.34. The summed E-state index contributed by atoms with van der Waals surface area (Å²) in [4.78, 5) is 11.7. The van der Waals surface area contributed by atoms with Crippen molar-refractivity contribution in [2.24, 2.45) is 0 Å². The molecule has 0 bridgehead atoms. The molecule has 1 aliphatic heterocycles. The SMILES string of the molecule is C=C/C(=C\c1c(C)ccn1N)c1cccc(C)c1.O=CN1CCOCC1. The number of nitrogens with two attached hydrogens (primary N) is 1. The van der Waals surface area contributed by atoms with E-state index in [2.05, 4.69) is 43.8 Å². The van der Waals surface area contributed by atoms with Gasteiger partial charge in [0.05, 0.1) is 18.9 Å². The van der Waals surface area contributed by atoms with E-state index in [4.69, 9.17) is 10.6 Å². The minimum atomic E-state index is 0.693. The van der Waals surface area contributed by atoms with Gasteiger partial charge in [-0.3, -0.25) is 9.47 Å². The third-order valence-corrected chi connectivity index (χ3v) is 4.23. The fourth-order valence-electron chi connectivity index (χ4n) is 2.66. The van der Waals surface area contributed by atoms with E-state index in [9.17, 15) is 4.79 Å². The van der Waals surface area contributed by atoms with Crippen LogP contribution in [0.5, 0.6) is 0 Å². The summed E-state index contributed by atoms with van der Waals surface area (Å²) >= 11 is 0. The van der Waals surface area contributed by atoms with Crippen LogP contribution in [0, 0.1) is 13.8 Å². The number of carbonyl (C=O) groups excluding carboxylic acids is 1. The number of benzene rings is 1. The molecule has 5 nitrogen and oxygen atoms in total. The number of aromatic nitrogens is 1. The number of hydrogen-bond acceptors (Lipinski definition) is 3. The van der Waals surface area contributed by atoms with Crippen LogP contribution < -0.4 is 5.84 Å². The molecule has 1 aromatic carbocycles. The second kappa shape index (κ2) is 9.63. The van der Waals surface area contributed by atoms with Crippen molar-refractivity contribution in [2.45, 2.75) is 13.8 Å². The zero-order valence-corrected chi connectivity index (χ0v) is 15.5. The van der Waals surface area contributed by atoms with Crippen LogP contribution in [-0.4, -0.2) is 42.3 Å². The number of amides is 1. The minimum Gasteiger partial charge on any atom is -0.378 e. The average molecular weight is 353 g/mol. The minimum absolute atomic E-state index is 0.693. The highest BCUT2D eigenvalue weighted by molar-refractivity contribution is 5.87. The van der Waals surface area contributed by atoms with E-state index < -0.39 is 0 Å². The van der Waals surface area contributed by atoms with Crippen molar-refractivity contribution in [3.63, 3.8) is 0 Å². The first-order valence-electron chi connectivity index (χ1n) is 8.66. The van der Waals surface area contributed by atoms with Crippen molar-refractivity contribution in [1.82, 2.24) is 9.58 Å². The summed E-state index contributed by atoms with van der Waals surface area (Å²) in [5.74, 6) is 5.89. The van der Waals surface area contributed by atoms with Gasteiger partial charge in [0.25, 0.3) is 0 Å². The van der Waals surface area contributed by atoms with Gasteiger partial charge in [-0.1, -0.05) is 42.5 Å². The molecule has 0 atom stereocenters. The normalized spacial score (nSPS) is 14.4. The standard InChI is InChI=1S/C16H18N2.C5H9NO2/c1-4-14(15-7-5-6-12(2)10-15)11-16-13(3)8-9-18(16)17;7-5-6-1-3-8-4-2-6/h4-11H,1,17H2,2-3H3;5H,1-4H2/b14-11+;. The van der Waals surface area contributed by atoms with Gasteiger partial charge in [-0.2, -0.15) is 0 Å². The summed E-state index contributed by atoms with van der Waals surface area (Å²) in [7, 11) is 0. The molecule has 0 unspecified atom stereocenters. The van der Waals surface area contributed by atoms with Crippen LogP contribution in [0.1, 0.15) is 22.4 Å². The van der Waals surface area contributed by atoms with Crippen LogP contribution in [0.3, 0.4) is 0 Å². The van der Waals surface area contributed by atoms with Gasteiger partial charge in [-0.05, 0) is 42.7 Å². The van der Waals surface area contributed by atoms with E-state index in [0.29, 0.717) is 13.2 Å². The van der Waals surface area contributed by atoms with Gasteiger partial charge in [-0.25, -0.2) is 0 Å². The number of allylic oxidation sites excluding steroid dienone is 2. The van der Waals surface area contributed by atoms with Crippen molar-refractivity contribution in [1.29, 1.82) is 0 Å². The Kier molecular flexibility index (Phi) is 7.24. The van der Waals surface area contributed by atoms with E-state index in [1.165, 1.54) is 5.56 Å². The molecule has 0 spiro atoms. The molecule has 1 aliphatic rings. The van der Waals surface area contributed by atoms with Crippen molar-refractivity contribution in [2.75, 3.05) is 32.1 Å². The lowest BCUT2D eigenvalue weighted by molar-refractivity contribution is -0.121. The van der Waals surface area contributed by atoms with Crippen LogP contribution in [0.2, 0.25) is 0 Å². The van der Waals surface area contributed by atoms with Crippen LogP contribution in [0.15, 0.2) is 49.2 Å². The fraction of sp³-hybridized carbons (Fsp3) is 0.286. The monoisotopic (exact) mass is 353 g/mol. The summed E-state index contributed by atoms with van der Waals surface area (Å²) in [5, 5.41) is 0. The Morgan fingerprint density at radius 3 is 2.46 bits per heavy atom. The molecule has 2 heterocycles. The van der Waals surface area contributed by atoms with Crippen LogP contribution in [-0.2, 0) is 9.53 Å². The van der Waals surface area contributed by atoms with E-state index in [0.717, 1.165) is 41.9 Å². The van der Waals surface area contributed by atoms with Crippen molar-refractivity contribution in [3.05, 3.63) is 71.6 Å². The topological polar surface area (TPSA) is 60.5 Å². The number of aryl methyl sites for hydroxylation is 2. The Hall–Kier alpha value is -2.79. The highest BCUT2D eigenvalue weighted by Crippen LogP contribution is 2.21. The van der Waals surface area contributed by atoms with Gasteiger partial charge in [-0.15, -0.1) is 0 Å². The summed E-state index contributed by atoms with van der Waals surface area (Å²) in [6.45, 7) is 10.9. The van der Waals surface area contributed by atoms with Crippen molar-refractivity contribution < 1.29 is 9.53 Å². The number of hydrogen-bond donors (Lipinski definition) is 1. The molecule has 2 aromatic rings. The number of carbonyl (C=O) groups is 1. The first-order chi connectivity index (χ1) is 12.5. The summed E-state index contributed by atoms with van der Waals surface area (Å²) in [6, 6.07) is 10.4. The van der Waals surface area contributed by atoms with Crippen LogP contribution >= 0.6 is 0 Å².